The summed E-state index contributed by atoms with van der Waals surface area (Å²) in [4.78, 5) is 22.7. The first-order valence-electron chi connectivity index (χ1n) is 25.6. The second kappa shape index (κ2) is 50.1. The predicted molar refractivity (Wildman–Crippen MR) is 269 cm³/mol. The Morgan fingerprint density at radius 3 is 1.34 bits per heavy atom. The van der Waals surface area contributed by atoms with Crippen molar-refractivity contribution in [1.29, 1.82) is 0 Å². The zero-order chi connectivity index (χ0) is 46.7. The van der Waals surface area contributed by atoms with Crippen molar-refractivity contribution in [1.82, 2.24) is 0 Å². The van der Waals surface area contributed by atoms with Crippen LogP contribution in [0.1, 0.15) is 206 Å². The largest absolute Gasteiger partial charge is 0.472 e. The molecule has 0 aliphatic carbocycles. The zero-order valence-electron chi connectivity index (χ0n) is 40.7. The lowest BCUT2D eigenvalue weighted by Crippen LogP contribution is -2.29. The van der Waals surface area contributed by atoms with Gasteiger partial charge in [0.15, 0.2) is 0 Å². The van der Waals surface area contributed by atoms with Crippen LogP contribution >= 0.6 is 7.82 Å². The number of unbranched alkanes of at least 4 members (excludes halogenated alkanes) is 20. The molecule has 0 aliphatic rings. The van der Waals surface area contributed by atoms with Crippen LogP contribution in [0, 0.1) is 0 Å². The van der Waals surface area contributed by atoms with Crippen LogP contribution in [0.3, 0.4) is 0 Å². The van der Waals surface area contributed by atoms with E-state index in [9.17, 15) is 19.4 Å². The fourth-order valence-corrected chi connectivity index (χ4v) is 7.50. The minimum Gasteiger partial charge on any atom is -0.457 e. The number of phosphoric ester groups is 1. The minimum atomic E-state index is -4.53. The monoisotopic (exact) mass is 919 g/mol. The summed E-state index contributed by atoms with van der Waals surface area (Å²) in [5.41, 5.74) is 0. The third kappa shape index (κ3) is 49.1. The molecule has 9 nitrogen and oxygen atoms in total. The number of carbonyl (C=O) groups is 1. The summed E-state index contributed by atoms with van der Waals surface area (Å²) >= 11 is 0. The topological polar surface area (TPSA) is 132 Å². The molecule has 0 saturated carbocycles. The van der Waals surface area contributed by atoms with E-state index in [4.69, 9.17) is 23.6 Å². The molecule has 3 N–H and O–H groups in total. The molecule has 370 valence electrons. The summed E-state index contributed by atoms with van der Waals surface area (Å²) in [6.45, 7) is 3.35. The van der Waals surface area contributed by atoms with E-state index in [2.05, 4.69) is 98.9 Å². The molecule has 64 heavy (non-hydrogen) atoms. The molecule has 0 aromatic rings. The molecule has 0 saturated heterocycles. The standard InChI is InChI=1S/C54H95O9P/c1-3-5-7-9-11-13-15-17-19-21-23-25-26-27-28-30-32-34-36-38-40-42-44-46-54(57)63-53(51-62-64(58,59)61-49-52(56)48-55)50-60-47-45-43-41-39-37-35-33-31-29-24-22-20-18-16-14-12-10-8-6-4-2/h5,7,11-14,17-20,23-25,29,52-53,55-56H,3-4,6,8-10,15-16,21-22,26-28,30-51H2,1-2H3,(H,58,59)/b7-5-,13-11-,14-12-,19-17-,20-18-,25-23-,29-24-. The highest BCUT2D eigenvalue weighted by molar-refractivity contribution is 7.47. The van der Waals surface area contributed by atoms with Gasteiger partial charge in [0.25, 0.3) is 0 Å². The van der Waals surface area contributed by atoms with Crippen LogP contribution in [0.25, 0.3) is 0 Å². The molecule has 0 rings (SSSR count). The van der Waals surface area contributed by atoms with Crippen LogP contribution in [0.15, 0.2) is 85.1 Å². The molecule has 3 unspecified atom stereocenters. The highest BCUT2D eigenvalue weighted by Gasteiger charge is 2.26. The molecule has 0 fully saturated rings. The van der Waals surface area contributed by atoms with E-state index in [-0.39, 0.29) is 19.6 Å². The van der Waals surface area contributed by atoms with Crippen molar-refractivity contribution in [2.24, 2.45) is 0 Å². The molecule has 0 bridgehead atoms. The van der Waals surface area contributed by atoms with Crippen molar-refractivity contribution < 1.29 is 43.0 Å². The van der Waals surface area contributed by atoms with Crippen molar-refractivity contribution in [2.45, 2.75) is 219 Å². The van der Waals surface area contributed by atoms with Gasteiger partial charge in [-0.2, -0.15) is 0 Å². The molecule has 3 atom stereocenters. The van der Waals surface area contributed by atoms with Gasteiger partial charge in [0, 0.05) is 13.0 Å². The fourth-order valence-electron chi connectivity index (χ4n) is 6.71. The number of aliphatic hydroxyl groups excluding tert-OH is 2. The Hall–Kier alpha value is -2.36. The van der Waals surface area contributed by atoms with Crippen molar-refractivity contribution >= 4 is 13.8 Å². The van der Waals surface area contributed by atoms with Gasteiger partial charge < -0.3 is 24.6 Å². The van der Waals surface area contributed by atoms with Gasteiger partial charge in [0.2, 0.25) is 0 Å². The Morgan fingerprint density at radius 1 is 0.500 bits per heavy atom. The lowest BCUT2D eigenvalue weighted by Gasteiger charge is -2.20. The van der Waals surface area contributed by atoms with Crippen molar-refractivity contribution in [2.75, 3.05) is 33.0 Å². The fraction of sp³-hybridized carbons (Fsp3) is 0.722. The molecule has 0 spiro atoms. The van der Waals surface area contributed by atoms with Gasteiger partial charge in [-0.25, -0.2) is 4.57 Å². The van der Waals surface area contributed by atoms with E-state index < -0.39 is 39.2 Å². The van der Waals surface area contributed by atoms with Gasteiger partial charge in [-0.05, 0) is 89.9 Å². The summed E-state index contributed by atoms with van der Waals surface area (Å²) in [5.74, 6) is -0.393. The van der Waals surface area contributed by atoms with Crippen molar-refractivity contribution in [3.8, 4) is 0 Å². The normalized spacial score (nSPS) is 14.5. The van der Waals surface area contributed by atoms with E-state index in [1.165, 1.54) is 89.9 Å². The summed E-state index contributed by atoms with van der Waals surface area (Å²) < 4.78 is 33.5. The Morgan fingerprint density at radius 2 is 0.891 bits per heavy atom. The third-order valence-electron chi connectivity index (χ3n) is 10.6. The van der Waals surface area contributed by atoms with Crippen LogP contribution in [-0.2, 0) is 27.9 Å². The molecule has 0 aromatic heterocycles. The molecular weight excluding hydrogens is 824 g/mol. The molecule has 0 heterocycles. The number of phosphoric acid groups is 1. The second-order valence-corrected chi connectivity index (χ2v) is 18.3. The van der Waals surface area contributed by atoms with E-state index in [1.54, 1.807) is 0 Å². The maximum absolute atomic E-state index is 12.7. The highest BCUT2D eigenvalue weighted by atomic mass is 31.2. The van der Waals surface area contributed by atoms with E-state index in [0.717, 1.165) is 96.3 Å². The van der Waals surface area contributed by atoms with Crippen LogP contribution in [0.2, 0.25) is 0 Å². The number of hydrogen-bond acceptors (Lipinski definition) is 8. The van der Waals surface area contributed by atoms with Crippen LogP contribution in [0.4, 0.5) is 0 Å². The number of allylic oxidation sites excluding steroid dienone is 14. The summed E-state index contributed by atoms with van der Waals surface area (Å²) in [6, 6.07) is 0. The number of hydrogen-bond donors (Lipinski definition) is 3. The van der Waals surface area contributed by atoms with E-state index in [0.29, 0.717) is 6.61 Å². The lowest BCUT2D eigenvalue weighted by atomic mass is 10.0. The van der Waals surface area contributed by atoms with Gasteiger partial charge in [-0.3, -0.25) is 13.8 Å². The third-order valence-corrected chi connectivity index (χ3v) is 11.5. The number of rotatable bonds is 48. The van der Waals surface area contributed by atoms with Gasteiger partial charge in [-0.1, -0.05) is 195 Å². The van der Waals surface area contributed by atoms with E-state index in [1.807, 2.05) is 0 Å². The van der Waals surface area contributed by atoms with Crippen molar-refractivity contribution in [3.05, 3.63) is 85.1 Å². The minimum absolute atomic E-state index is 0.0366. The molecule has 0 aliphatic heterocycles. The number of ether oxygens (including phenoxy) is 2. The van der Waals surface area contributed by atoms with Crippen molar-refractivity contribution in [3.63, 3.8) is 0 Å². The highest BCUT2D eigenvalue weighted by Crippen LogP contribution is 2.43. The Bertz CT molecular complexity index is 1270. The Labute approximate surface area is 392 Å². The molecule has 0 amide bonds. The Balaban J connectivity index is 4.12. The van der Waals surface area contributed by atoms with E-state index >= 15 is 0 Å². The van der Waals surface area contributed by atoms with Gasteiger partial charge in [0.05, 0.1) is 26.4 Å². The first-order valence-corrected chi connectivity index (χ1v) is 27.1. The summed E-state index contributed by atoms with van der Waals surface area (Å²) in [7, 11) is -4.53. The average molecular weight is 919 g/mol. The van der Waals surface area contributed by atoms with Crippen LogP contribution in [-0.4, -0.2) is 66.3 Å². The van der Waals surface area contributed by atoms with Gasteiger partial charge in [0.1, 0.15) is 12.2 Å². The number of aliphatic hydroxyl groups is 2. The average Bonchev–Trinajstić information content (AvgIpc) is 3.29. The maximum Gasteiger partial charge on any atom is 0.472 e. The summed E-state index contributed by atoms with van der Waals surface area (Å²) in [5, 5.41) is 18.4. The SMILES string of the molecule is CC/C=C\C/C=C\C/C=C\C/C=C\CCCCCCCCCCCCC(=O)OC(COCCCCCCCCC/C=C\C/C=C\C/C=C\CCCCC)COP(=O)(O)OCC(O)CO. The maximum atomic E-state index is 12.7. The molecule has 0 aromatic carbocycles. The molecule has 10 heteroatoms. The van der Waals surface area contributed by atoms with Crippen LogP contribution < -0.4 is 0 Å². The zero-order valence-corrected chi connectivity index (χ0v) is 41.6. The molecule has 0 radical (unpaired) electrons. The molecular formula is C54H95O9P. The quantitative estimate of drug-likeness (QED) is 0.0236. The number of carbonyl (C=O) groups excluding carboxylic acids is 1. The second-order valence-electron chi connectivity index (χ2n) is 16.8. The lowest BCUT2D eigenvalue weighted by molar-refractivity contribution is -0.154. The van der Waals surface area contributed by atoms with Gasteiger partial charge in [-0.15, -0.1) is 0 Å². The Kier molecular flexibility index (Phi) is 48.2. The van der Waals surface area contributed by atoms with Crippen LogP contribution in [0.5, 0.6) is 0 Å². The summed E-state index contributed by atoms with van der Waals surface area (Å²) in [6.07, 6.45) is 62.6. The number of esters is 1. The first-order chi connectivity index (χ1) is 31.3. The predicted octanol–water partition coefficient (Wildman–Crippen LogP) is 15.0. The first kappa shape index (κ1) is 61.6. The smallest absolute Gasteiger partial charge is 0.457 e. The van der Waals surface area contributed by atoms with Gasteiger partial charge >= 0.3 is 13.8 Å².